The van der Waals surface area contributed by atoms with E-state index in [-0.39, 0.29) is 0 Å². The number of aryl methyl sites for hydroxylation is 1. The Morgan fingerprint density at radius 3 is 2.74 bits per heavy atom. The summed E-state index contributed by atoms with van der Waals surface area (Å²) in [5.74, 6) is -0.00332. The summed E-state index contributed by atoms with van der Waals surface area (Å²) in [4.78, 5) is 14.1. The lowest BCUT2D eigenvalue weighted by molar-refractivity contribution is -0.142. The molecule has 1 fully saturated rings. The quantitative estimate of drug-likeness (QED) is 0.803. The van der Waals surface area contributed by atoms with Crippen molar-refractivity contribution in [3.05, 3.63) is 29.8 Å². The van der Waals surface area contributed by atoms with E-state index in [9.17, 15) is 9.90 Å². The fourth-order valence-electron chi connectivity index (χ4n) is 2.30. The Labute approximate surface area is 117 Å². The van der Waals surface area contributed by atoms with Gasteiger partial charge in [0.2, 0.25) is 0 Å². The summed E-state index contributed by atoms with van der Waals surface area (Å²) in [5.41, 5.74) is 1.23. The predicted octanol–water partition coefficient (Wildman–Crippen LogP) is 1.61. The van der Waals surface area contributed by atoms with Crippen LogP contribution in [-0.2, 0) is 4.79 Å². The maximum atomic E-state index is 11.1. The first-order valence-corrected chi connectivity index (χ1v) is 7.39. The van der Waals surface area contributed by atoms with E-state index in [1.165, 1.54) is 10.5 Å². The fourth-order valence-corrected chi connectivity index (χ4v) is 3.19. The van der Waals surface area contributed by atoms with Gasteiger partial charge in [-0.05, 0) is 19.1 Å². The van der Waals surface area contributed by atoms with Gasteiger partial charge >= 0.3 is 5.97 Å². The van der Waals surface area contributed by atoms with Crippen molar-refractivity contribution >= 4 is 17.7 Å². The normalized spacial score (nSPS) is 23.7. The number of thioether (sulfide) groups is 1. The summed E-state index contributed by atoms with van der Waals surface area (Å²) in [6.07, 6.45) is -0.171. The number of carbonyl (C=O) groups is 1. The van der Waals surface area contributed by atoms with Crippen molar-refractivity contribution in [3.8, 4) is 0 Å². The SMILES string of the molecule is Cc1ccc(SCCN2CC(O)CC2C(=O)O)cc1. The molecule has 0 saturated carbocycles. The molecular formula is C14H19NO3S. The average molecular weight is 281 g/mol. The molecule has 2 rings (SSSR count). The second kappa shape index (κ2) is 6.41. The summed E-state index contributed by atoms with van der Waals surface area (Å²) < 4.78 is 0. The average Bonchev–Trinajstić information content (AvgIpc) is 2.73. The van der Waals surface area contributed by atoms with E-state index in [0.29, 0.717) is 19.5 Å². The maximum Gasteiger partial charge on any atom is 0.321 e. The summed E-state index contributed by atoms with van der Waals surface area (Å²) in [6, 6.07) is 7.76. The number of aliphatic hydroxyl groups is 1. The molecule has 2 N–H and O–H groups in total. The minimum atomic E-state index is -0.836. The first-order chi connectivity index (χ1) is 9.06. The zero-order valence-electron chi connectivity index (χ0n) is 11.0. The van der Waals surface area contributed by atoms with Crippen LogP contribution in [0.15, 0.2) is 29.2 Å². The van der Waals surface area contributed by atoms with Crippen molar-refractivity contribution in [1.82, 2.24) is 4.90 Å². The predicted molar refractivity (Wildman–Crippen MR) is 75.5 cm³/mol. The van der Waals surface area contributed by atoms with E-state index in [2.05, 4.69) is 31.2 Å². The third-order valence-electron chi connectivity index (χ3n) is 3.33. The van der Waals surface area contributed by atoms with Gasteiger partial charge in [-0.15, -0.1) is 11.8 Å². The van der Waals surface area contributed by atoms with E-state index in [1.807, 2.05) is 4.90 Å². The van der Waals surface area contributed by atoms with E-state index in [0.717, 1.165) is 5.75 Å². The van der Waals surface area contributed by atoms with Crippen LogP contribution < -0.4 is 0 Å². The van der Waals surface area contributed by atoms with E-state index in [1.54, 1.807) is 11.8 Å². The number of carboxylic acids is 1. The number of rotatable bonds is 5. The van der Waals surface area contributed by atoms with Crippen molar-refractivity contribution < 1.29 is 15.0 Å². The van der Waals surface area contributed by atoms with Crippen molar-refractivity contribution in [1.29, 1.82) is 0 Å². The lowest BCUT2D eigenvalue weighted by Crippen LogP contribution is -2.37. The van der Waals surface area contributed by atoms with Gasteiger partial charge < -0.3 is 10.2 Å². The zero-order valence-corrected chi connectivity index (χ0v) is 11.8. The number of aliphatic carboxylic acids is 1. The fraction of sp³-hybridized carbons (Fsp3) is 0.500. The largest absolute Gasteiger partial charge is 0.480 e. The van der Waals surface area contributed by atoms with Crippen LogP contribution in [0.25, 0.3) is 0 Å². The molecule has 1 aromatic rings. The van der Waals surface area contributed by atoms with Crippen LogP contribution in [0, 0.1) is 6.92 Å². The standard InChI is InChI=1S/C14H19NO3S/c1-10-2-4-12(5-3-10)19-7-6-15-9-11(16)8-13(15)14(17)18/h2-5,11,13,16H,6-9H2,1H3,(H,17,18). The van der Waals surface area contributed by atoms with E-state index >= 15 is 0 Å². The van der Waals surface area contributed by atoms with Crippen LogP contribution in [0.3, 0.4) is 0 Å². The molecule has 0 radical (unpaired) electrons. The van der Waals surface area contributed by atoms with Crippen LogP contribution in [0.1, 0.15) is 12.0 Å². The molecule has 0 aliphatic carbocycles. The van der Waals surface area contributed by atoms with Crippen LogP contribution in [0.2, 0.25) is 0 Å². The maximum absolute atomic E-state index is 11.1. The summed E-state index contributed by atoms with van der Waals surface area (Å²) in [6.45, 7) is 3.20. The first-order valence-electron chi connectivity index (χ1n) is 6.40. The van der Waals surface area contributed by atoms with Crippen LogP contribution in [-0.4, -0.2) is 52.1 Å². The van der Waals surface area contributed by atoms with Gasteiger partial charge in [0.1, 0.15) is 6.04 Å². The molecule has 2 atom stereocenters. The number of hydrogen-bond donors (Lipinski definition) is 2. The molecule has 5 heteroatoms. The molecule has 0 amide bonds. The Balaban J connectivity index is 1.81. The minimum Gasteiger partial charge on any atom is -0.480 e. The van der Waals surface area contributed by atoms with Gasteiger partial charge in [0.15, 0.2) is 0 Å². The number of likely N-dealkylation sites (tertiary alicyclic amines) is 1. The number of benzene rings is 1. The van der Waals surface area contributed by atoms with E-state index < -0.39 is 18.1 Å². The Kier molecular flexibility index (Phi) is 4.85. The van der Waals surface area contributed by atoms with Crippen molar-refractivity contribution in [2.24, 2.45) is 0 Å². The van der Waals surface area contributed by atoms with Gasteiger partial charge in [-0.3, -0.25) is 9.69 Å². The van der Waals surface area contributed by atoms with Crippen molar-refractivity contribution in [3.63, 3.8) is 0 Å². The van der Waals surface area contributed by atoms with Crippen molar-refractivity contribution in [2.45, 2.75) is 30.4 Å². The summed E-state index contributed by atoms with van der Waals surface area (Å²) >= 11 is 1.71. The number of aliphatic hydroxyl groups excluding tert-OH is 1. The topological polar surface area (TPSA) is 60.8 Å². The second-order valence-corrected chi connectivity index (χ2v) is 6.07. The molecule has 0 bridgehead atoms. The molecule has 19 heavy (non-hydrogen) atoms. The molecule has 1 aliphatic heterocycles. The van der Waals surface area contributed by atoms with Gasteiger partial charge in [0, 0.05) is 30.2 Å². The first kappa shape index (κ1) is 14.4. The van der Waals surface area contributed by atoms with E-state index in [4.69, 9.17) is 5.11 Å². The second-order valence-electron chi connectivity index (χ2n) is 4.90. The highest BCUT2D eigenvalue weighted by Crippen LogP contribution is 2.22. The molecular weight excluding hydrogens is 262 g/mol. The molecule has 1 heterocycles. The highest BCUT2D eigenvalue weighted by Gasteiger charge is 2.35. The Hall–Kier alpha value is -1.04. The zero-order chi connectivity index (χ0) is 13.8. The Morgan fingerprint density at radius 1 is 1.42 bits per heavy atom. The molecule has 0 aromatic heterocycles. The van der Waals surface area contributed by atoms with Gasteiger partial charge in [-0.2, -0.15) is 0 Å². The lowest BCUT2D eigenvalue weighted by Gasteiger charge is -2.20. The number of nitrogens with zero attached hydrogens (tertiary/aromatic N) is 1. The van der Waals surface area contributed by atoms with Gasteiger partial charge in [-0.1, -0.05) is 17.7 Å². The van der Waals surface area contributed by atoms with Crippen LogP contribution >= 0.6 is 11.8 Å². The molecule has 2 unspecified atom stereocenters. The lowest BCUT2D eigenvalue weighted by atomic mass is 10.2. The summed E-state index contributed by atoms with van der Waals surface area (Å²) in [5, 5.41) is 18.6. The molecule has 1 aromatic carbocycles. The van der Waals surface area contributed by atoms with Gasteiger partial charge in [-0.25, -0.2) is 0 Å². The minimum absolute atomic E-state index is 0.338. The molecule has 4 nitrogen and oxygen atoms in total. The van der Waals surface area contributed by atoms with Crippen LogP contribution in [0.4, 0.5) is 0 Å². The molecule has 0 spiro atoms. The highest BCUT2D eigenvalue weighted by molar-refractivity contribution is 7.99. The number of hydrogen-bond acceptors (Lipinski definition) is 4. The van der Waals surface area contributed by atoms with Gasteiger partial charge in [0.05, 0.1) is 6.10 Å². The number of β-amino-alcohol motifs (C(OH)–C–C–N with tert-alkyl or cyclic N) is 1. The Bertz CT molecular complexity index is 435. The number of carboxylic acid groups (broad SMARTS) is 1. The van der Waals surface area contributed by atoms with Crippen LogP contribution in [0.5, 0.6) is 0 Å². The molecule has 104 valence electrons. The third kappa shape index (κ3) is 3.96. The molecule has 1 saturated heterocycles. The van der Waals surface area contributed by atoms with Crippen molar-refractivity contribution in [2.75, 3.05) is 18.8 Å². The summed E-state index contributed by atoms with van der Waals surface area (Å²) in [7, 11) is 0. The van der Waals surface area contributed by atoms with Gasteiger partial charge in [0.25, 0.3) is 0 Å². The smallest absolute Gasteiger partial charge is 0.321 e. The monoisotopic (exact) mass is 281 g/mol. The molecule has 1 aliphatic rings. The Morgan fingerprint density at radius 2 is 2.11 bits per heavy atom. The third-order valence-corrected chi connectivity index (χ3v) is 4.33. The highest BCUT2D eigenvalue weighted by atomic mass is 32.2.